The SMILES string of the molecule is CC[C@@](OC)(SOC(=O)C(C)C)[C@@H](OC(=O)C(C)C)C(F)n1ccc(=O)[nH]c1=O. The van der Waals surface area contributed by atoms with Crippen LogP contribution in [0.4, 0.5) is 4.39 Å². The minimum Gasteiger partial charge on any atom is -0.453 e. The van der Waals surface area contributed by atoms with Crippen molar-refractivity contribution in [3.8, 4) is 0 Å². The van der Waals surface area contributed by atoms with Gasteiger partial charge in [0, 0.05) is 19.4 Å². The smallest absolute Gasteiger partial charge is 0.330 e. The van der Waals surface area contributed by atoms with E-state index in [1.807, 2.05) is 4.98 Å². The highest BCUT2D eigenvalue weighted by Crippen LogP contribution is 2.41. The van der Waals surface area contributed by atoms with Crippen LogP contribution in [0.1, 0.15) is 47.3 Å². The summed E-state index contributed by atoms with van der Waals surface area (Å²) in [7, 11) is 1.25. The number of esters is 1. The Bertz CT molecular complexity index is 817. The molecule has 0 saturated carbocycles. The minimum atomic E-state index is -2.23. The van der Waals surface area contributed by atoms with Gasteiger partial charge in [-0.3, -0.25) is 23.9 Å². The highest BCUT2D eigenvalue weighted by Gasteiger charge is 2.50. The molecule has 1 unspecified atom stereocenters. The summed E-state index contributed by atoms with van der Waals surface area (Å²) in [6.45, 7) is 7.99. The van der Waals surface area contributed by atoms with Crippen molar-refractivity contribution < 1.29 is 27.6 Å². The molecular formula is C18H27FN2O7S. The zero-order valence-corrected chi connectivity index (χ0v) is 18.1. The Morgan fingerprint density at radius 2 is 1.79 bits per heavy atom. The Hall–Kier alpha value is -2.14. The summed E-state index contributed by atoms with van der Waals surface area (Å²) < 4.78 is 32.0. The van der Waals surface area contributed by atoms with Gasteiger partial charge in [0.2, 0.25) is 6.30 Å². The number of aromatic amines is 1. The van der Waals surface area contributed by atoms with E-state index in [9.17, 15) is 19.2 Å². The molecule has 0 saturated heterocycles. The maximum absolute atomic E-state index is 15.5. The Morgan fingerprint density at radius 1 is 1.21 bits per heavy atom. The van der Waals surface area contributed by atoms with Crippen molar-refractivity contribution in [3.05, 3.63) is 33.1 Å². The molecule has 1 N–H and O–H groups in total. The molecule has 0 aromatic carbocycles. The molecule has 0 aliphatic heterocycles. The van der Waals surface area contributed by atoms with Gasteiger partial charge in [0.1, 0.15) is 0 Å². The van der Waals surface area contributed by atoms with Crippen molar-refractivity contribution in [1.82, 2.24) is 9.55 Å². The third-order valence-electron chi connectivity index (χ3n) is 4.09. The molecule has 1 heterocycles. The molecule has 0 fully saturated rings. The van der Waals surface area contributed by atoms with E-state index in [4.69, 9.17) is 13.7 Å². The normalized spacial score (nSPS) is 15.6. The lowest BCUT2D eigenvalue weighted by molar-refractivity contribution is -0.176. The van der Waals surface area contributed by atoms with E-state index >= 15 is 4.39 Å². The quantitative estimate of drug-likeness (QED) is 0.338. The molecule has 0 amide bonds. The van der Waals surface area contributed by atoms with E-state index in [1.54, 1.807) is 34.6 Å². The number of hydrogen-bond acceptors (Lipinski definition) is 8. The van der Waals surface area contributed by atoms with Crippen LogP contribution in [0.5, 0.6) is 0 Å². The number of nitrogens with one attached hydrogen (secondary N) is 1. The number of carbonyl (C=O) groups excluding carboxylic acids is 2. The summed E-state index contributed by atoms with van der Waals surface area (Å²) in [6, 6.07) is 0.960. The average Bonchev–Trinajstić information content (AvgIpc) is 2.66. The lowest BCUT2D eigenvalue weighted by atomic mass is 10.1. The zero-order chi connectivity index (χ0) is 22.4. The summed E-state index contributed by atoms with van der Waals surface area (Å²) in [5, 5.41) is 0. The molecule has 0 aliphatic carbocycles. The van der Waals surface area contributed by atoms with Crippen LogP contribution in [-0.4, -0.2) is 39.6 Å². The lowest BCUT2D eigenvalue weighted by Crippen LogP contribution is -2.50. The van der Waals surface area contributed by atoms with Gasteiger partial charge in [0.25, 0.3) is 5.56 Å². The third kappa shape index (κ3) is 6.17. The van der Waals surface area contributed by atoms with Gasteiger partial charge in [-0.05, 0) is 6.42 Å². The third-order valence-corrected chi connectivity index (χ3v) is 5.31. The zero-order valence-electron chi connectivity index (χ0n) is 17.3. The van der Waals surface area contributed by atoms with Crippen LogP contribution >= 0.6 is 12.0 Å². The number of nitrogens with zero attached hydrogens (tertiary/aromatic N) is 1. The number of rotatable bonds is 10. The van der Waals surface area contributed by atoms with Gasteiger partial charge in [-0.2, -0.15) is 0 Å². The van der Waals surface area contributed by atoms with E-state index in [2.05, 4.69) is 0 Å². The number of hydrogen-bond donors (Lipinski definition) is 1. The predicted octanol–water partition coefficient (Wildman–Crippen LogP) is 2.17. The molecule has 1 aromatic rings. The number of carbonyl (C=O) groups is 2. The Kier molecular flexibility index (Phi) is 9.09. The molecule has 0 radical (unpaired) electrons. The Labute approximate surface area is 172 Å². The summed E-state index contributed by atoms with van der Waals surface area (Å²) in [5.74, 6) is -2.35. The van der Waals surface area contributed by atoms with Gasteiger partial charge in [-0.1, -0.05) is 34.6 Å². The first kappa shape index (κ1) is 24.9. The summed E-state index contributed by atoms with van der Waals surface area (Å²) in [6.07, 6.45) is -2.88. The molecule has 1 rings (SSSR count). The highest BCUT2D eigenvalue weighted by molar-refractivity contribution is 7.96. The first-order chi connectivity index (χ1) is 13.5. The van der Waals surface area contributed by atoms with Crippen molar-refractivity contribution >= 4 is 24.0 Å². The average molecular weight is 434 g/mol. The highest BCUT2D eigenvalue weighted by atomic mass is 32.2. The molecular weight excluding hydrogens is 407 g/mol. The first-order valence-corrected chi connectivity index (χ1v) is 9.83. The van der Waals surface area contributed by atoms with Gasteiger partial charge in [-0.15, -0.1) is 0 Å². The van der Waals surface area contributed by atoms with E-state index in [0.717, 1.165) is 12.3 Å². The minimum absolute atomic E-state index is 0.0636. The van der Waals surface area contributed by atoms with Crippen molar-refractivity contribution in [2.75, 3.05) is 7.11 Å². The fourth-order valence-corrected chi connectivity index (χ4v) is 3.05. The Balaban J connectivity index is 3.41. The van der Waals surface area contributed by atoms with Crippen LogP contribution in [-0.2, 0) is 23.2 Å². The largest absolute Gasteiger partial charge is 0.453 e. The Morgan fingerprint density at radius 3 is 2.24 bits per heavy atom. The molecule has 0 spiro atoms. The van der Waals surface area contributed by atoms with Crippen LogP contribution in [0.25, 0.3) is 0 Å². The second-order valence-electron chi connectivity index (χ2n) is 6.91. The van der Waals surface area contributed by atoms with Gasteiger partial charge in [0.05, 0.1) is 23.9 Å². The maximum atomic E-state index is 15.5. The van der Waals surface area contributed by atoms with Crippen LogP contribution in [0.15, 0.2) is 21.9 Å². The predicted molar refractivity (Wildman–Crippen MR) is 105 cm³/mol. The second kappa shape index (κ2) is 10.6. The van der Waals surface area contributed by atoms with Gasteiger partial charge >= 0.3 is 17.6 Å². The van der Waals surface area contributed by atoms with Crippen molar-refractivity contribution in [1.29, 1.82) is 0 Å². The van der Waals surface area contributed by atoms with E-state index in [0.29, 0.717) is 16.6 Å². The molecule has 0 aliphatic rings. The number of ether oxygens (including phenoxy) is 2. The summed E-state index contributed by atoms with van der Waals surface area (Å²) in [4.78, 5) is 47.8. The van der Waals surface area contributed by atoms with Crippen LogP contribution in [0.2, 0.25) is 0 Å². The summed E-state index contributed by atoms with van der Waals surface area (Å²) in [5.41, 5.74) is -1.73. The maximum Gasteiger partial charge on any atom is 0.330 e. The van der Waals surface area contributed by atoms with Crippen LogP contribution in [0.3, 0.4) is 0 Å². The topological polar surface area (TPSA) is 117 Å². The molecule has 0 bridgehead atoms. The molecule has 3 atom stereocenters. The molecule has 9 nitrogen and oxygen atoms in total. The lowest BCUT2D eigenvalue weighted by Gasteiger charge is -2.38. The summed E-state index contributed by atoms with van der Waals surface area (Å²) >= 11 is 0.523. The standard InChI is InChI=1S/C18H27FN2O7S/c1-7-18(26-6,29-28-16(24)11(4)5)13(27-15(23)10(2)3)14(19)21-9-8-12(22)20-17(21)25/h8-11,13-14H,7H2,1-6H3,(H,20,22,25)/t13-,14?,18+/m0/s1. The van der Waals surface area contributed by atoms with E-state index < -0.39 is 52.4 Å². The fourth-order valence-electron chi connectivity index (χ4n) is 2.19. The van der Waals surface area contributed by atoms with Gasteiger partial charge < -0.3 is 13.7 Å². The first-order valence-electron chi connectivity index (χ1n) is 9.09. The van der Waals surface area contributed by atoms with Gasteiger partial charge in [-0.25, -0.2) is 9.18 Å². The second-order valence-corrected chi connectivity index (χ2v) is 7.94. The number of methoxy groups -OCH3 is 1. The van der Waals surface area contributed by atoms with E-state index in [1.165, 1.54) is 7.11 Å². The van der Waals surface area contributed by atoms with Crippen molar-refractivity contribution in [3.63, 3.8) is 0 Å². The van der Waals surface area contributed by atoms with Crippen LogP contribution in [0, 0.1) is 11.8 Å². The van der Waals surface area contributed by atoms with E-state index in [-0.39, 0.29) is 6.42 Å². The fraction of sp³-hybridized carbons (Fsp3) is 0.667. The van der Waals surface area contributed by atoms with Crippen LogP contribution < -0.4 is 11.2 Å². The van der Waals surface area contributed by atoms with Gasteiger partial charge in [0.15, 0.2) is 11.0 Å². The molecule has 11 heteroatoms. The number of H-pyrrole nitrogens is 1. The molecule has 1 aromatic heterocycles. The molecule has 164 valence electrons. The van der Waals surface area contributed by atoms with Crippen molar-refractivity contribution in [2.24, 2.45) is 11.8 Å². The monoisotopic (exact) mass is 434 g/mol. The number of alkyl halides is 1. The number of aromatic nitrogens is 2. The molecule has 29 heavy (non-hydrogen) atoms. The van der Waals surface area contributed by atoms with Crippen molar-refractivity contribution in [2.45, 2.75) is 58.4 Å². The number of halogens is 1.